The molecular weight excluding hydrogens is 293 g/mol. The largest absolute Gasteiger partial charge is 0.399 e. The number of aromatic nitrogens is 1. The van der Waals surface area contributed by atoms with E-state index >= 15 is 0 Å². The first-order valence-electron chi connectivity index (χ1n) is 6.44. The van der Waals surface area contributed by atoms with Crippen molar-refractivity contribution in [3.05, 3.63) is 48.5 Å². The van der Waals surface area contributed by atoms with Gasteiger partial charge in [0.25, 0.3) is 10.0 Å². The van der Waals surface area contributed by atoms with Crippen LogP contribution in [0.4, 0.5) is 15.8 Å². The van der Waals surface area contributed by atoms with Crippen LogP contribution in [0.3, 0.4) is 0 Å². The number of nitrogens with zero attached hydrogens (tertiary/aromatic N) is 2. The van der Waals surface area contributed by atoms with Gasteiger partial charge in [0, 0.05) is 18.4 Å². The molecule has 0 aliphatic carbocycles. The van der Waals surface area contributed by atoms with Crippen LogP contribution in [0.1, 0.15) is 13.3 Å². The molecule has 1 aromatic heterocycles. The normalized spacial score (nSPS) is 11.3. The molecule has 1 heterocycles. The number of nitrogen functional groups attached to an aromatic ring is 1. The Morgan fingerprint density at radius 3 is 2.48 bits per heavy atom. The summed E-state index contributed by atoms with van der Waals surface area (Å²) in [6, 6.07) is 7.45. The number of rotatable bonds is 5. The summed E-state index contributed by atoms with van der Waals surface area (Å²) in [4.78, 5) is 3.43. The van der Waals surface area contributed by atoms with Crippen molar-refractivity contribution in [3.63, 3.8) is 0 Å². The van der Waals surface area contributed by atoms with Crippen molar-refractivity contribution in [2.75, 3.05) is 16.6 Å². The molecular formula is C14H16FN3O2S. The molecule has 1 aromatic carbocycles. The average Bonchev–Trinajstić information content (AvgIpc) is 2.46. The molecule has 0 amide bonds. The van der Waals surface area contributed by atoms with Crippen molar-refractivity contribution in [2.45, 2.75) is 18.2 Å². The van der Waals surface area contributed by atoms with Crippen LogP contribution in [0.5, 0.6) is 0 Å². The molecule has 0 radical (unpaired) electrons. The van der Waals surface area contributed by atoms with Gasteiger partial charge in [0.1, 0.15) is 10.7 Å². The maximum Gasteiger partial charge on any atom is 0.265 e. The van der Waals surface area contributed by atoms with Crippen LogP contribution in [-0.2, 0) is 10.0 Å². The third-order valence-corrected chi connectivity index (χ3v) is 4.67. The molecule has 2 aromatic rings. The lowest BCUT2D eigenvalue weighted by Gasteiger charge is -2.24. The molecule has 0 aliphatic rings. The minimum absolute atomic E-state index is 0.173. The SMILES string of the molecule is CCCN(c1ccc(N)cc1)S(=O)(=O)c1cncc(F)c1. The molecule has 112 valence electrons. The summed E-state index contributed by atoms with van der Waals surface area (Å²) in [6.07, 6.45) is 2.72. The number of halogens is 1. The van der Waals surface area contributed by atoms with Gasteiger partial charge in [-0.2, -0.15) is 0 Å². The molecule has 2 rings (SSSR count). The molecule has 0 saturated heterocycles. The van der Waals surface area contributed by atoms with E-state index < -0.39 is 15.8 Å². The summed E-state index contributed by atoms with van der Waals surface area (Å²) in [6.45, 7) is 2.15. The van der Waals surface area contributed by atoms with Crippen molar-refractivity contribution in [2.24, 2.45) is 0 Å². The minimum Gasteiger partial charge on any atom is -0.399 e. The fourth-order valence-electron chi connectivity index (χ4n) is 1.89. The molecule has 0 aliphatic heterocycles. The Morgan fingerprint density at radius 2 is 1.90 bits per heavy atom. The lowest BCUT2D eigenvalue weighted by atomic mass is 10.3. The van der Waals surface area contributed by atoms with E-state index in [4.69, 9.17) is 5.73 Å². The third kappa shape index (κ3) is 3.30. The number of hydrogen-bond donors (Lipinski definition) is 1. The summed E-state index contributed by atoms with van der Waals surface area (Å²) in [5, 5.41) is 0. The second kappa shape index (κ2) is 6.09. The Bertz CT molecular complexity index is 717. The Balaban J connectivity index is 2.48. The predicted molar refractivity (Wildman–Crippen MR) is 79.9 cm³/mol. The summed E-state index contributed by atoms with van der Waals surface area (Å²) in [7, 11) is -3.86. The fourth-order valence-corrected chi connectivity index (χ4v) is 3.42. The van der Waals surface area contributed by atoms with Crippen molar-refractivity contribution in [1.29, 1.82) is 0 Å². The summed E-state index contributed by atoms with van der Waals surface area (Å²) in [5.41, 5.74) is 6.64. The van der Waals surface area contributed by atoms with Gasteiger partial charge < -0.3 is 5.73 Å². The van der Waals surface area contributed by atoms with Crippen molar-refractivity contribution in [1.82, 2.24) is 4.98 Å². The molecule has 21 heavy (non-hydrogen) atoms. The number of hydrogen-bond acceptors (Lipinski definition) is 4. The summed E-state index contributed by atoms with van der Waals surface area (Å²) >= 11 is 0. The number of sulfonamides is 1. The second-order valence-corrected chi connectivity index (χ2v) is 6.37. The maximum atomic E-state index is 13.2. The van der Waals surface area contributed by atoms with E-state index in [2.05, 4.69) is 4.98 Å². The van der Waals surface area contributed by atoms with Gasteiger partial charge in [0.15, 0.2) is 0 Å². The zero-order valence-electron chi connectivity index (χ0n) is 11.5. The Kier molecular flexibility index (Phi) is 4.42. The topological polar surface area (TPSA) is 76.3 Å². The lowest BCUT2D eigenvalue weighted by Crippen LogP contribution is -2.32. The highest BCUT2D eigenvalue weighted by molar-refractivity contribution is 7.92. The van der Waals surface area contributed by atoms with Crippen LogP contribution < -0.4 is 10.0 Å². The van der Waals surface area contributed by atoms with Gasteiger partial charge in [-0.25, -0.2) is 12.8 Å². The highest BCUT2D eigenvalue weighted by atomic mass is 32.2. The summed E-state index contributed by atoms with van der Waals surface area (Å²) in [5.74, 6) is -0.690. The van der Waals surface area contributed by atoms with Crippen LogP contribution in [0.2, 0.25) is 0 Å². The molecule has 0 atom stereocenters. The van der Waals surface area contributed by atoms with Crippen LogP contribution in [0.15, 0.2) is 47.6 Å². The molecule has 0 spiro atoms. The monoisotopic (exact) mass is 309 g/mol. The predicted octanol–water partition coefficient (Wildman–Crippen LogP) is 2.41. The van der Waals surface area contributed by atoms with Gasteiger partial charge in [-0.3, -0.25) is 9.29 Å². The van der Waals surface area contributed by atoms with E-state index in [1.165, 1.54) is 4.31 Å². The standard InChI is InChI=1S/C14H16FN3O2S/c1-2-7-18(13-5-3-12(16)4-6-13)21(19,20)14-8-11(15)9-17-10-14/h3-6,8-10H,2,7,16H2,1H3. The first-order valence-corrected chi connectivity index (χ1v) is 7.88. The Morgan fingerprint density at radius 1 is 1.24 bits per heavy atom. The fraction of sp³-hybridized carbons (Fsp3) is 0.214. The molecule has 5 nitrogen and oxygen atoms in total. The molecule has 0 saturated carbocycles. The van der Waals surface area contributed by atoms with E-state index in [9.17, 15) is 12.8 Å². The van der Waals surface area contributed by atoms with Gasteiger partial charge in [-0.15, -0.1) is 0 Å². The van der Waals surface area contributed by atoms with E-state index in [0.29, 0.717) is 17.8 Å². The average molecular weight is 309 g/mol. The van der Waals surface area contributed by atoms with Crippen molar-refractivity contribution < 1.29 is 12.8 Å². The zero-order chi connectivity index (χ0) is 15.5. The molecule has 0 fully saturated rings. The van der Waals surface area contributed by atoms with Gasteiger partial charge in [-0.05, 0) is 36.8 Å². The molecule has 2 N–H and O–H groups in total. The zero-order valence-corrected chi connectivity index (χ0v) is 12.3. The number of anilines is 2. The van der Waals surface area contributed by atoms with E-state index in [1.807, 2.05) is 6.92 Å². The van der Waals surface area contributed by atoms with Crippen LogP contribution in [-0.4, -0.2) is 19.9 Å². The van der Waals surface area contributed by atoms with Crippen molar-refractivity contribution >= 4 is 21.4 Å². The van der Waals surface area contributed by atoms with Gasteiger partial charge in [0.2, 0.25) is 0 Å². The highest BCUT2D eigenvalue weighted by Gasteiger charge is 2.25. The molecule has 0 bridgehead atoms. The van der Waals surface area contributed by atoms with Crippen LogP contribution in [0, 0.1) is 5.82 Å². The third-order valence-electron chi connectivity index (χ3n) is 2.88. The second-order valence-electron chi connectivity index (χ2n) is 4.51. The lowest BCUT2D eigenvalue weighted by molar-refractivity contribution is 0.583. The quantitative estimate of drug-likeness (QED) is 0.861. The number of benzene rings is 1. The van der Waals surface area contributed by atoms with Gasteiger partial charge >= 0.3 is 0 Å². The minimum atomic E-state index is -3.86. The number of pyridine rings is 1. The van der Waals surface area contributed by atoms with Crippen molar-refractivity contribution in [3.8, 4) is 0 Å². The van der Waals surface area contributed by atoms with E-state index in [1.54, 1.807) is 24.3 Å². The maximum absolute atomic E-state index is 13.2. The molecule has 7 heteroatoms. The smallest absolute Gasteiger partial charge is 0.265 e. The van der Waals surface area contributed by atoms with Gasteiger partial charge in [-0.1, -0.05) is 6.92 Å². The van der Waals surface area contributed by atoms with Crippen LogP contribution in [0.25, 0.3) is 0 Å². The highest BCUT2D eigenvalue weighted by Crippen LogP contribution is 2.24. The first-order chi connectivity index (χ1) is 9.95. The van der Waals surface area contributed by atoms with Gasteiger partial charge in [0.05, 0.1) is 11.9 Å². The Hall–Kier alpha value is -2.15. The number of nitrogens with two attached hydrogens (primary N) is 1. The van der Waals surface area contributed by atoms with E-state index in [-0.39, 0.29) is 11.4 Å². The molecule has 0 unspecified atom stereocenters. The first kappa shape index (κ1) is 15.2. The Labute approximate surface area is 123 Å². The summed E-state index contributed by atoms with van der Waals surface area (Å²) < 4.78 is 39.8. The van der Waals surface area contributed by atoms with E-state index in [0.717, 1.165) is 18.5 Å². The van der Waals surface area contributed by atoms with Crippen LogP contribution >= 0.6 is 0 Å².